The Balaban J connectivity index is 1.49. The third-order valence-corrected chi connectivity index (χ3v) is 15.3. The summed E-state index contributed by atoms with van der Waals surface area (Å²) in [7, 11) is -0.952. The zero-order chi connectivity index (χ0) is 41.5. The molecule has 1 spiro atoms. The molecule has 2 aliphatic carbocycles. The van der Waals surface area contributed by atoms with E-state index in [1.54, 1.807) is 5.56 Å². The number of hydrogen-bond donors (Lipinski definition) is 0. The molecule has 1 heterocycles. The molecule has 0 bridgehead atoms. The summed E-state index contributed by atoms with van der Waals surface area (Å²) in [6, 6.07) is 29.5. The van der Waals surface area contributed by atoms with Crippen LogP contribution in [0, 0.1) is 5.41 Å². The highest BCUT2D eigenvalue weighted by molar-refractivity contribution is 7.80. The van der Waals surface area contributed by atoms with Crippen LogP contribution >= 0.6 is 7.92 Å². The van der Waals surface area contributed by atoms with Gasteiger partial charge >= 0.3 is 0 Å². The van der Waals surface area contributed by atoms with Crippen LogP contribution in [-0.2, 0) is 44.7 Å². The summed E-state index contributed by atoms with van der Waals surface area (Å²) in [6.45, 7) is 35.8. The summed E-state index contributed by atoms with van der Waals surface area (Å²) in [5, 5.41) is 4.43. The molecule has 0 radical (unpaired) electrons. The number of nitrogens with zero attached hydrogens (tertiary/aromatic N) is 2. The van der Waals surface area contributed by atoms with Gasteiger partial charge in [0.1, 0.15) is 6.61 Å². The Morgan fingerprint density at radius 3 is 1.51 bits per heavy atom. The van der Waals surface area contributed by atoms with E-state index in [1.165, 1.54) is 54.9 Å². The first-order valence-electron chi connectivity index (χ1n) is 21.5. The van der Waals surface area contributed by atoms with Crippen molar-refractivity contribution in [2.24, 2.45) is 15.4 Å². The highest BCUT2D eigenvalue weighted by atomic mass is 31.1. The second-order valence-electron chi connectivity index (χ2n) is 22.5. The van der Waals surface area contributed by atoms with Crippen molar-refractivity contribution in [1.29, 1.82) is 0 Å². The monoisotopic (exact) mass is 781 g/mol. The van der Waals surface area contributed by atoms with Gasteiger partial charge in [-0.3, -0.25) is 4.99 Å². The molecule has 0 unspecified atom stereocenters. The number of benzene rings is 4. The fourth-order valence-corrected chi connectivity index (χ4v) is 11.8. The predicted octanol–water partition coefficient (Wildman–Crippen LogP) is 12.4. The Hall–Kier alpha value is -3.55. The third kappa shape index (κ3) is 8.09. The SMILES string of the molecule is CC(C)(C)c1cc(P(c2cc(C(C)(C)C)cc(C(C)(C)C)c2)c2cccc3c2[C@]2(CCc4cccc(N=CC5=N[C@H](C(C)(C)C)CO5)c42)CC3)cc(C(C)(C)C)c1. The van der Waals surface area contributed by atoms with Crippen LogP contribution in [0.2, 0.25) is 0 Å². The van der Waals surface area contributed by atoms with Crippen LogP contribution in [0.4, 0.5) is 5.69 Å². The number of rotatable bonds is 5. The average Bonchev–Trinajstić information content (AvgIpc) is 3.84. The van der Waals surface area contributed by atoms with Crippen molar-refractivity contribution in [3.63, 3.8) is 0 Å². The van der Waals surface area contributed by atoms with E-state index in [4.69, 9.17) is 14.7 Å². The highest BCUT2D eigenvalue weighted by Gasteiger charge is 2.48. The molecular formula is C53H69N2OP. The zero-order valence-electron chi connectivity index (χ0n) is 37.9. The Morgan fingerprint density at radius 2 is 1.07 bits per heavy atom. The molecule has 4 heteroatoms. The average molecular weight is 781 g/mol. The smallest absolute Gasteiger partial charge is 0.228 e. The molecule has 4 aromatic carbocycles. The van der Waals surface area contributed by atoms with Crippen molar-refractivity contribution >= 4 is 41.6 Å². The molecule has 0 N–H and O–H groups in total. The van der Waals surface area contributed by atoms with Gasteiger partial charge in [-0.15, -0.1) is 0 Å². The van der Waals surface area contributed by atoms with Gasteiger partial charge in [0, 0.05) is 5.41 Å². The molecule has 0 fully saturated rings. The Bertz CT molecular complexity index is 2100. The lowest BCUT2D eigenvalue weighted by Crippen LogP contribution is -2.33. The van der Waals surface area contributed by atoms with Crippen LogP contribution in [0.5, 0.6) is 0 Å². The molecule has 2 atom stereocenters. The minimum atomic E-state index is -0.952. The number of aryl methyl sites for hydroxylation is 2. The van der Waals surface area contributed by atoms with Gasteiger partial charge < -0.3 is 4.74 Å². The lowest BCUT2D eigenvalue weighted by atomic mass is 9.76. The van der Waals surface area contributed by atoms with E-state index in [0.29, 0.717) is 12.5 Å². The molecule has 302 valence electrons. The Kier molecular flexibility index (Phi) is 10.5. The molecule has 0 aromatic heterocycles. The van der Waals surface area contributed by atoms with E-state index in [0.717, 1.165) is 31.4 Å². The first-order valence-corrected chi connectivity index (χ1v) is 22.8. The molecular weight excluding hydrogens is 712 g/mol. The molecule has 7 rings (SSSR count). The Morgan fingerprint density at radius 1 is 0.614 bits per heavy atom. The summed E-state index contributed by atoms with van der Waals surface area (Å²) in [5.74, 6) is 0.650. The van der Waals surface area contributed by atoms with Crippen LogP contribution in [-0.4, -0.2) is 24.8 Å². The molecule has 0 saturated heterocycles. The fraction of sp³-hybridized carbons (Fsp3) is 0.509. The van der Waals surface area contributed by atoms with Crippen LogP contribution in [0.3, 0.4) is 0 Å². The normalized spacial score (nSPS) is 20.1. The number of fused-ring (bicyclic) bond motifs is 4. The standard InChI is InChI=1S/C53H69N2OP/c1-48(2,3)36-26-37(49(4,5)6)29-40(28-36)57(41-30-38(50(7,8)9)27-39(31-41)51(10,11)12)43-21-17-19-35-23-25-53(47(35)43)24-22-34-18-16-20-42(46(34)53)54-32-45-55-44(33-56-45)52(13,14)15/h16-21,26-32,44H,22-25,33H2,1-15H3/t44-,53+/m0/s1. The van der Waals surface area contributed by atoms with Gasteiger partial charge in [0.2, 0.25) is 5.90 Å². The van der Waals surface area contributed by atoms with Gasteiger partial charge in [-0.05, 0) is 127 Å². The summed E-state index contributed by atoms with van der Waals surface area (Å²) in [6.07, 6.45) is 6.25. The second-order valence-corrected chi connectivity index (χ2v) is 24.7. The molecule has 0 saturated carbocycles. The van der Waals surface area contributed by atoms with E-state index >= 15 is 0 Å². The molecule has 3 nitrogen and oxygen atoms in total. The van der Waals surface area contributed by atoms with Crippen molar-refractivity contribution in [3.05, 3.63) is 117 Å². The summed E-state index contributed by atoms with van der Waals surface area (Å²) in [4.78, 5) is 10.2. The molecule has 0 amide bonds. The second kappa shape index (κ2) is 14.3. The van der Waals surface area contributed by atoms with E-state index < -0.39 is 7.92 Å². The lowest BCUT2D eigenvalue weighted by molar-refractivity contribution is 0.237. The van der Waals surface area contributed by atoms with E-state index in [1.807, 2.05) is 6.21 Å². The van der Waals surface area contributed by atoms with Crippen molar-refractivity contribution in [2.45, 2.75) is 163 Å². The maximum absolute atomic E-state index is 6.09. The van der Waals surface area contributed by atoms with Crippen molar-refractivity contribution in [1.82, 2.24) is 0 Å². The summed E-state index contributed by atoms with van der Waals surface area (Å²) < 4.78 is 6.09. The largest absolute Gasteiger partial charge is 0.475 e. The van der Waals surface area contributed by atoms with Crippen LogP contribution in [0.1, 0.15) is 161 Å². The first kappa shape index (κ1) is 41.6. The molecule has 3 aliphatic rings. The zero-order valence-corrected chi connectivity index (χ0v) is 38.8. The van der Waals surface area contributed by atoms with E-state index in [-0.39, 0.29) is 38.5 Å². The van der Waals surface area contributed by atoms with E-state index in [2.05, 4.69) is 177 Å². The van der Waals surface area contributed by atoms with Crippen molar-refractivity contribution in [3.8, 4) is 0 Å². The van der Waals surface area contributed by atoms with Crippen LogP contribution in [0.15, 0.2) is 82.8 Å². The third-order valence-electron chi connectivity index (χ3n) is 12.9. The van der Waals surface area contributed by atoms with Crippen molar-refractivity contribution < 1.29 is 4.74 Å². The summed E-state index contributed by atoms with van der Waals surface area (Å²) in [5.41, 5.74) is 12.6. The van der Waals surface area contributed by atoms with E-state index in [9.17, 15) is 0 Å². The van der Waals surface area contributed by atoms with Gasteiger partial charge in [-0.25, -0.2) is 4.99 Å². The molecule has 4 aromatic rings. The number of hydrogen-bond acceptors (Lipinski definition) is 3. The molecule has 57 heavy (non-hydrogen) atoms. The van der Waals surface area contributed by atoms with Crippen molar-refractivity contribution in [2.75, 3.05) is 6.61 Å². The van der Waals surface area contributed by atoms with Gasteiger partial charge in [0.15, 0.2) is 0 Å². The Labute approximate surface area is 347 Å². The van der Waals surface area contributed by atoms with Gasteiger partial charge in [-0.2, -0.15) is 0 Å². The van der Waals surface area contributed by atoms with Gasteiger partial charge in [-0.1, -0.05) is 171 Å². The number of aliphatic imine (C=N–C) groups is 2. The number of ether oxygens (including phenoxy) is 1. The topological polar surface area (TPSA) is 34.0 Å². The minimum Gasteiger partial charge on any atom is -0.475 e. The quantitative estimate of drug-likeness (QED) is 0.147. The highest BCUT2D eigenvalue weighted by Crippen LogP contribution is 2.57. The van der Waals surface area contributed by atoms with Gasteiger partial charge in [0.25, 0.3) is 0 Å². The predicted molar refractivity (Wildman–Crippen MR) is 249 cm³/mol. The molecule has 1 aliphatic heterocycles. The van der Waals surface area contributed by atoms with Crippen LogP contribution in [0.25, 0.3) is 0 Å². The van der Waals surface area contributed by atoms with Crippen LogP contribution < -0.4 is 15.9 Å². The maximum atomic E-state index is 6.09. The van der Waals surface area contributed by atoms with Gasteiger partial charge in [0.05, 0.1) is 17.9 Å². The lowest BCUT2D eigenvalue weighted by Gasteiger charge is -2.35. The maximum Gasteiger partial charge on any atom is 0.228 e. The fourth-order valence-electron chi connectivity index (χ4n) is 9.11. The first-order chi connectivity index (χ1) is 26.4. The minimum absolute atomic E-state index is 0.0121. The summed E-state index contributed by atoms with van der Waals surface area (Å²) >= 11 is 0.